The molecule has 9 heteroatoms. The molecule has 1 amide bonds. The molecule has 0 unspecified atom stereocenters. The number of amides is 1. The van der Waals surface area contributed by atoms with E-state index in [0.717, 1.165) is 18.7 Å². The van der Waals surface area contributed by atoms with Crippen molar-refractivity contribution in [2.24, 2.45) is 0 Å². The molecule has 3 N–H and O–H groups in total. The van der Waals surface area contributed by atoms with E-state index in [0.29, 0.717) is 27.9 Å². The summed E-state index contributed by atoms with van der Waals surface area (Å²) in [4.78, 5) is 12.2. The van der Waals surface area contributed by atoms with Crippen molar-refractivity contribution in [3.8, 4) is 17.2 Å². The number of hydrogen-bond acceptors (Lipinski definition) is 6. The fourth-order valence-corrected chi connectivity index (χ4v) is 2.45. The van der Waals surface area contributed by atoms with Gasteiger partial charge >= 0.3 is 0 Å². The van der Waals surface area contributed by atoms with Gasteiger partial charge in [0, 0.05) is 12.1 Å². The average Bonchev–Trinajstić information content (AvgIpc) is 2.61. The van der Waals surface area contributed by atoms with Crippen LogP contribution in [0.25, 0.3) is 0 Å². The molecular formula is C15H23N3O4S2. The number of hydrazine groups is 1. The van der Waals surface area contributed by atoms with Crippen molar-refractivity contribution in [2.45, 2.75) is 6.42 Å². The molecule has 0 aliphatic heterocycles. The quantitative estimate of drug-likeness (QED) is 0.360. The van der Waals surface area contributed by atoms with E-state index in [2.05, 4.69) is 16.2 Å². The zero-order chi connectivity index (χ0) is 17.9. The Kier molecular flexibility index (Phi) is 9.10. The van der Waals surface area contributed by atoms with Crippen LogP contribution in [0.5, 0.6) is 17.2 Å². The summed E-state index contributed by atoms with van der Waals surface area (Å²) in [7, 11) is 4.48. The Balaban J connectivity index is 2.66. The van der Waals surface area contributed by atoms with E-state index in [1.165, 1.54) is 21.3 Å². The topological polar surface area (TPSA) is 80.9 Å². The Morgan fingerprint density at radius 2 is 1.75 bits per heavy atom. The minimum Gasteiger partial charge on any atom is -0.493 e. The predicted molar refractivity (Wildman–Crippen MR) is 100 cm³/mol. The summed E-state index contributed by atoms with van der Waals surface area (Å²) in [6.45, 7) is 0.743. The number of benzene rings is 1. The maximum Gasteiger partial charge on any atom is 0.269 e. The number of hydrogen-bond donors (Lipinski definition) is 3. The minimum atomic E-state index is -0.373. The van der Waals surface area contributed by atoms with Crippen LogP contribution >= 0.6 is 24.0 Å². The predicted octanol–water partition coefficient (Wildman–Crippen LogP) is 1.57. The van der Waals surface area contributed by atoms with Gasteiger partial charge in [0.25, 0.3) is 5.91 Å². The van der Waals surface area contributed by atoms with Crippen LogP contribution in [0.15, 0.2) is 12.1 Å². The second kappa shape index (κ2) is 10.8. The molecule has 0 aliphatic carbocycles. The third-order valence-corrected chi connectivity index (χ3v) is 3.97. The van der Waals surface area contributed by atoms with Crippen LogP contribution in [0.2, 0.25) is 0 Å². The highest BCUT2D eigenvalue weighted by molar-refractivity contribution is 7.98. The van der Waals surface area contributed by atoms with Crippen LogP contribution in [0.3, 0.4) is 0 Å². The van der Waals surface area contributed by atoms with E-state index in [9.17, 15) is 4.79 Å². The lowest BCUT2D eigenvalue weighted by atomic mass is 10.1. The smallest absolute Gasteiger partial charge is 0.269 e. The third kappa shape index (κ3) is 5.97. The fourth-order valence-electron chi connectivity index (χ4n) is 1.86. The van der Waals surface area contributed by atoms with Gasteiger partial charge in [-0.3, -0.25) is 15.6 Å². The molecule has 0 heterocycles. The Bertz CT molecular complexity index is 545. The summed E-state index contributed by atoms with van der Waals surface area (Å²) < 4.78 is 15.7. The number of ether oxygens (including phenoxy) is 3. The standard InChI is InChI=1S/C15H23N3O4S2/c1-20-11-8-10(9-12(21-2)13(11)22-3)14(19)17-18-15(23)16-6-5-7-24-4/h8-9H,5-7H2,1-4H3,(H,17,19)(H2,16,18,23). The zero-order valence-corrected chi connectivity index (χ0v) is 15.9. The fraction of sp³-hybridized carbons (Fsp3) is 0.467. The molecule has 1 aromatic carbocycles. The number of methoxy groups -OCH3 is 3. The molecule has 0 fully saturated rings. The van der Waals surface area contributed by atoms with Gasteiger partial charge in [-0.15, -0.1) is 0 Å². The van der Waals surface area contributed by atoms with E-state index >= 15 is 0 Å². The van der Waals surface area contributed by atoms with Crippen molar-refractivity contribution >= 4 is 35.0 Å². The van der Waals surface area contributed by atoms with E-state index in [4.69, 9.17) is 26.4 Å². The lowest BCUT2D eigenvalue weighted by Gasteiger charge is -2.15. The first-order chi connectivity index (χ1) is 11.6. The Labute approximate surface area is 151 Å². The molecule has 0 spiro atoms. The molecule has 0 bridgehead atoms. The second-order valence-corrected chi connectivity index (χ2v) is 5.99. The van der Waals surface area contributed by atoms with Crippen LogP contribution in [-0.4, -0.2) is 50.9 Å². The average molecular weight is 374 g/mol. The van der Waals surface area contributed by atoms with Crippen LogP contribution in [0.4, 0.5) is 0 Å². The minimum absolute atomic E-state index is 0.349. The van der Waals surface area contributed by atoms with Gasteiger partial charge in [0.2, 0.25) is 5.75 Å². The van der Waals surface area contributed by atoms with Crippen molar-refractivity contribution in [1.82, 2.24) is 16.2 Å². The number of rotatable bonds is 8. The highest BCUT2D eigenvalue weighted by Crippen LogP contribution is 2.38. The van der Waals surface area contributed by atoms with E-state index in [1.54, 1.807) is 23.9 Å². The molecule has 7 nitrogen and oxygen atoms in total. The molecule has 1 aromatic rings. The summed E-state index contributed by atoms with van der Waals surface area (Å²) in [6.07, 6.45) is 3.04. The summed E-state index contributed by atoms with van der Waals surface area (Å²) in [5.74, 6) is 1.91. The van der Waals surface area contributed by atoms with Crippen molar-refractivity contribution < 1.29 is 19.0 Å². The van der Waals surface area contributed by atoms with Crippen molar-refractivity contribution in [2.75, 3.05) is 39.9 Å². The zero-order valence-electron chi connectivity index (χ0n) is 14.2. The molecule has 0 saturated heterocycles. The van der Waals surface area contributed by atoms with Crippen LogP contribution < -0.4 is 30.4 Å². The highest BCUT2D eigenvalue weighted by atomic mass is 32.2. The SMILES string of the molecule is COc1cc(C(=O)NNC(=S)NCCCSC)cc(OC)c1OC. The van der Waals surface area contributed by atoms with Crippen molar-refractivity contribution in [1.29, 1.82) is 0 Å². The molecule has 24 heavy (non-hydrogen) atoms. The normalized spacial score (nSPS) is 9.83. The summed E-state index contributed by atoms with van der Waals surface area (Å²) in [5, 5.41) is 3.37. The van der Waals surface area contributed by atoms with Crippen molar-refractivity contribution in [3.63, 3.8) is 0 Å². The lowest BCUT2D eigenvalue weighted by Crippen LogP contribution is -2.47. The summed E-state index contributed by atoms with van der Waals surface area (Å²) >= 11 is 6.87. The van der Waals surface area contributed by atoms with Gasteiger partial charge in [-0.25, -0.2) is 0 Å². The number of thioether (sulfide) groups is 1. The van der Waals surface area contributed by atoms with Gasteiger partial charge in [-0.2, -0.15) is 11.8 Å². The molecular weight excluding hydrogens is 350 g/mol. The largest absolute Gasteiger partial charge is 0.493 e. The maximum absolute atomic E-state index is 12.2. The lowest BCUT2D eigenvalue weighted by molar-refractivity contribution is 0.0943. The van der Waals surface area contributed by atoms with Crippen LogP contribution in [0.1, 0.15) is 16.8 Å². The summed E-state index contributed by atoms with van der Waals surface area (Å²) in [5.41, 5.74) is 5.54. The monoisotopic (exact) mass is 373 g/mol. The first kappa shape index (κ1) is 20.2. The first-order valence-electron chi connectivity index (χ1n) is 7.20. The number of carbonyl (C=O) groups is 1. The first-order valence-corrected chi connectivity index (χ1v) is 9.00. The second-order valence-electron chi connectivity index (χ2n) is 4.60. The van der Waals surface area contributed by atoms with Crippen LogP contribution in [0, 0.1) is 0 Å². The third-order valence-electron chi connectivity index (χ3n) is 3.03. The van der Waals surface area contributed by atoms with Gasteiger partial charge in [0.1, 0.15) is 0 Å². The number of thiocarbonyl (C=S) groups is 1. The van der Waals surface area contributed by atoms with Gasteiger partial charge in [0.15, 0.2) is 16.6 Å². The van der Waals surface area contributed by atoms with Gasteiger partial charge in [-0.05, 0) is 42.8 Å². The summed E-state index contributed by atoms with van der Waals surface area (Å²) in [6, 6.07) is 3.13. The van der Waals surface area contributed by atoms with Crippen LogP contribution in [-0.2, 0) is 0 Å². The maximum atomic E-state index is 12.2. The van der Waals surface area contributed by atoms with E-state index < -0.39 is 0 Å². The number of carbonyl (C=O) groups excluding carboxylic acids is 1. The highest BCUT2D eigenvalue weighted by Gasteiger charge is 2.17. The Hall–Kier alpha value is -1.87. The molecule has 0 saturated carbocycles. The van der Waals surface area contributed by atoms with E-state index in [1.807, 2.05) is 6.26 Å². The molecule has 0 atom stereocenters. The van der Waals surface area contributed by atoms with Gasteiger partial charge in [-0.1, -0.05) is 0 Å². The van der Waals surface area contributed by atoms with E-state index in [-0.39, 0.29) is 5.91 Å². The molecule has 0 aliphatic rings. The molecule has 1 rings (SSSR count). The van der Waals surface area contributed by atoms with Gasteiger partial charge < -0.3 is 19.5 Å². The van der Waals surface area contributed by atoms with Crippen molar-refractivity contribution in [3.05, 3.63) is 17.7 Å². The Morgan fingerprint density at radius 3 is 2.25 bits per heavy atom. The molecule has 0 radical (unpaired) electrons. The molecule has 0 aromatic heterocycles. The number of nitrogens with one attached hydrogen (secondary N) is 3. The van der Waals surface area contributed by atoms with Gasteiger partial charge in [0.05, 0.1) is 21.3 Å². The Morgan fingerprint density at radius 1 is 1.12 bits per heavy atom. The molecule has 134 valence electrons.